The number of benzene rings is 2. The van der Waals surface area contributed by atoms with Gasteiger partial charge < -0.3 is 16.0 Å². The highest BCUT2D eigenvalue weighted by molar-refractivity contribution is 5.83. The van der Waals surface area contributed by atoms with Gasteiger partial charge in [-0.2, -0.15) is 9.97 Å². The number of rotatable bonds is 5. The van der Waals surface area contributed by atoms with Gasteiger partial charge in [0.15, 0.2) is 11.5 Å². The Hall–Kier alpha value is -4.27. The van der Waals surface area contributed by atoms with Crippen LogP contribution in [0, 0.1) is 13.8 Å². The second-order valence-corrected chi connectivity index (χ2v) is 7.63. The number of para-hydroxylation sites is 1. The summed E-state index contributed by atoms with van der Waals surface area (Å²) in [6, 6.07) is 13.5. The Kier molecular flexibility index (Phi) is 4.78. The number of nitrogens with two attached hydrogens (primary N) is 1. The summed E-state index contributed by atoms with van der Waals surface area (Å²) in [6.45, 7) is 4.40. The van der Waals surface area contributed by atoms with Gasteiger partial charge in [-0.25, -0.2) is 9.97 Å². The first-order chi connectivity index (χ1) is 15.5. The minimum Gasteiger partial charge on any atom is -0.368 e. The lowest BCUT2D eigenvalue weighted by molar-refractivity contribution is 0.805. The lowest BCUT2D eigenvalue weighted by atomic mass is 10.1. The van der Waals surface area contributed by atoms with Crippen LogP contribution >= 0.6 is 0 Å². The summed E-state index contributed by atoms with van der Waals surface area (Å²) < 4.78 is 1.71. The van der Waals surface area contributed by atoms with Gasteiger partial charge in [0.2, 0.25) is 5.95 Å². The van der Waals surface area contributed by atoms with Crippen LogP contribution in [-0.2, 0) is 6.42 Å². The van der Waals surface area contributed by atoms with Crippen LogP contribution < -0.4 is 16.6 Å². The highest BCUT2D eigenvalue weighted by Crippen LogP contribution is 2.20. The molecule has 0 spiro atoms. The van der Waals surface area contributed by atoms with Gasteiger partial charge in [-0.1, -0.05) is 30.3 Å². The Labute approximate surface area is 183 Å². The van der Waals surface area contributed by atoms with E-state index in [1.54, 1.807) is 10.9 Å². The molecule has 0 bridgehead atoms. The number of aryl methyl sites for hydroxylation is 2. The van der Waals surface area contributed by atoms with Crippen LogP contribution in [0.2, 0.25) is 0 Å². The molecular formula is C23H22N8O. The highest BCUT2D eigenvalue weighted by atomic mass is 16.1. The van der Waals surface area contributed by atoms with Crippen LogP contribution in [0.5, 0.6) is 0 Å². The number of anilines is 2. The van der Waals surface area contributed by atoms with Gasteiger partial charge in [-0.15, -0.1) is 0 Å². The van der Waals surface area contributed by atoms with Gasteiger partial charge in [0, 0.05) is 13.0 Å². The number of nitrogen functional groups attached to an aromatic ring is 1. The van der Waals surface area contributed by atoms with Gasteiger partial charge in [-0.05, 0) is 37.1 Å². The number of nitrogens with one attached hydrogen (secondary N) is 2. The van der Waals surface area contributed by atoms with Crippen molar-refractivity contribution >= 4 is 33.8 Å². The maximum atomic E-state index is 13.6. The van der Waals surface area contributed by atoms with Gasteiger partial charge in [0.05, 0.1) is 22.9 Å². The number of hydrogen-bond acceptors (Lipinski definition) is 7. The van der Waals surface area contributed by atoms with Crippen molar-refractivity contribution in [3.05, 3.63) is 76.1 Å². The van der Waals surface area contributed by atoms with Crippen LogP contribution in [0.25, 0.3) is 27.8 Å². The maximum absolute atomic E-state index is 13.6. The monoisotopic (exact) mass is 426 g/mol. The molecule has 3 heterocycles. The Morgan fingerprint density at radius 1 is 1.03 bits per heavy atom. The highest BCUT2D eigenvalue weighted by Gasteiger charge is 2.16. The zero-order valence-electron chi connectivity index (χ0n) is 17.8. The molecule has 9 heteroatoms. The molecule has 0 aliphatic rings. The quantitative estimate of drug-likeness (QED) is 0.394. The fourth-order valence-corrected chi connectivity index (χ4v) is 3.94. The van der Waals surface area contributed by atoms with E-state index >= 15 is 0 Å². The summed E-state index contributed by atoms with van der Waals surface area (Å²) >= 11 is 0. The summed E-state index contributed by atoms with van der Waals surface area (Å²) in [6.07, 6.45) is 2.04. The van der Waals surface area contributed by atoms with Crippen LogP contribution in [0.4, 0.5) is 11.8 Å². The average Bonchev–Trinajstić information content (AvgIpc) is 3.23. The number of H-pyrrole nitrogens is 1. The number of aromatic nitrogens is 6. The molecule has 0 saturated heterocycles. The third-order valence-corrected chi connectivity index (χ3v) is 5.47. The van der Waals surface area contributed by atoms with Crippen molar-refractivity contribution < 1.29 is 0 Å². The van der Waals surface area contributed by atoms with E-state index in [1.807, 2.05) is 56.3 Å². The third kappa shape index (κ3) is 3.33. The van der Waals surface area contributed by atoms with Crippen molar-refractivity contribution in [1.29, 1.82) is 0 Å². The minimum absolute atomic E-state index is 0.0710. The largest absolute Gasteiger partial charge is 0.368 e. The SMILES string of the molecule is Cc1ccccc1-n1c(CCNc2nc(N)nc3[nH]cnc23)nc2cccc(C)c2c1=O. The topological polar surface area (TPSA) is 127 Å². The van der Waals surface area contributed by atoms with Gasteiger partial charge in [0.25, 0.3) is 5.56 Å². The predicted molar refractivity (Wildman–Crippen MR) is 125 cm³/mol. The molecule has 0 saturated carbocycles. The lowest BCUT2D eigenvalue weighted by Gasteiger charge is -2.16. The van der Waals surface area contributed by atoms with Crippen LogP contribution in [0.1, 0.15) is 17.0 Å². The molecule has 5 rings (SSSR count). The normalized spacial score (nSPS) is 11.3. The van der Waals surface area contributed by atoms with E-state index in [-0.39, 0.29) is 11.5 Å². The van der Waals surface area contributed by atoms with Crippen molar-refractivity contribution in [2.75, 3.05) is 17.6 Å². The van der Waals surface area contributed by atoms with E-state index < -0.39 is 0 Å². The fraction of sp³-hybridized carbons (Fsp3) is 0.174. The molecule has 3 aromatic heterocycles. The molecule has 160 valence electrons. The predicted octanol–water partition coefficient (Wildman–Crippen LogP) is 2.91. The van der Waals surface area contributed by atoms with Gasteiger partial charge in [0.1, 0.15) is 11.3 Å². The van der Waals surface area contributed by atoms with Crippen molar-refractivity contribution in [3.63, 3.8) is 0 Å². The Morgan fingerprint density at radius 2 is 1.84 bits per heavy atom. The number of aromatic amines is 1. The first-order valence-electron chi connectivity index (χ1n) is 10.3. The zero-order valence-corrected chi connectivity index (χ0v) is 17.8. The van der Waals surface area contributed by atoms with Crippen LogP contribution in [0.15, 0.2) is 53.6 Å². The number of hydrogen-bond donors (Lipinski definition) is 3. The summed E-state index contributed by atoms with van der Waals surface area (Å²) in [5.74, 6) is 1.35. The Bertz CT molecular complexity index is 1520. The van der Waals surface area contributed by atoms with E-state index in [4.69, 9.17) is 10.7 Å². The molecule has 0 amide bonds. The van der Waals surface area contributed by atoms with E-state index in [2.05, 4.69) is 25.3 Å². The molecule has 32 heavy (non-hydrogen) atoms. The third-order valence-electron chi connectivity index (χ3n) is 5.47. The molecular weight excluding hydrogens is 404 g/mol. The van der Waals surface area contributed by atoms with E-state index in [0.717, 1.165) is 16.8 Å². The number of imidazole rings is 1. The maximum Gasteiger partial charge on any atom is 0.266 e. The Balaban J connectivity index is 1.57. The molecule has 0 fully saturated rings. The number of nitrogens with zero attached hydrogens (tertiary/aromatic N) is 5. The minimum atomic E-state index is -0.0710. The molecule has 0 atom stereocenters. The number of fused-ring (bicyclic) bond motifs is 2. The van der Waals surface area contributed by atoms with Crippen molar-refractivity contribution in [2.24, 2.45) is 0 Å². The second-order valence-electron chi connectivity index (χ2n) is 7.63. The molecule has 9 nitrogen and oxygen atoms in total. The van der Waals surface area contributed by atoms with Gasteiger partial charge in [-0.3, -0.25) is 9.36 Å². The molecule has 0 unspecified atom stereocenters. The van der Waals surface area contributed by atoms with E-state index in [9.17, 15) is 4.79 Å². The fourth-order valence-electron chi connectivity index (χ4n) is 3.94. The summed E-state index contributed by atoms with van der Waals surface area (Å²) in [7, 11) is 0. The van der Waals surface area contributed by atoms with Gasteiger partial charge >= 0.3 is 0 Å². The average molecular weight is 426 g/mol. The first kappa shape index (κ1) is 19.7. The molecule has 4 N–H and O–H groups in total. The van der Waals surface area contributed by atoms with Crippen molar-refractivity contribution in [2.45, 2.75) is 20.3 Å². The molecule has 2 aromatic carbocycles. The summed E-state index contributed by atoms with van der Waals surface area (Å²) in [5, 5.41) is 3.90. The standard InChI is InChI=1S/C23H22N8O/c1-13-6-3-4-9-16(13)31-17(28-15-8-5-7-14(2)18(15)22(31)32)10-11-25-20-19-21(27-12-26-19)30-23(24)29-20/h3-9,12H,10-11H2,1-2H3,(H4,24,25,26,27,29,30). The molecule has 0 aliphatic heterocycles. The van der Waals surface area contributed by atoms with Crippen LogP contribution in [-0.4, -0.2) is 36.0 Å². The lowest BCUT2D eigenvalue weighted by Crippen LogP contribution is -2.26. The summed E-state index contributed by atoms with van der Waals surface area (Å²) in [4.78, 5) is 34.0. The van der Waals surface area contributed by atoms with E-state index in [0.29, 0.717) is 46.7 Å². The zero-order chi connectivity index (χ0) is 22.2. The van der Waals surface area contributed by atoms with Crippen molar-refractivity contribution in [1.82, 2.24) is 29.5 Å². The second kappa shape index (κ2) is 7.77. The molecule has 0 radical (unpaired) electrons. The molecule has 0 aliphatic carbocycles. The van der Waals surface area contributed by atoms with Crippen LogP contribution in [0.3, 0.4) is 0 Å². The van der Waals surface area contributed by atoms with Crippen molar-refractivity contribution in [3.8, 4) is 5.69 Å². The first-order valence-corrected chi connectivity index (χ1v) is 10.3. The summed E-state index contributed by atoms with van der Waals surface area (Å²) in [5.41, 5.74) is 10.3. The smallest absolute Gasteiger partial charge is 0.266 e. The van der Waals surface area contributed by atoms with E-state index in [1.165, 1.54) is 0 Å². The molecule has 5 aromatic rings. The Morgan fingerprint density at radius 3 is 2.69 bits per heavy atom.